The van der Waals surface area contributed by atoms with Gasteiger partial charge in [0.2, 0.25) is 23.8 Å². The second kappa shape index (κ2) is 44.1. The van der Waals surface area contributed by atoms with Gasteiger partial charge in [-0.3, -0.25) is 19.2 Å². The van der Waals surface area contributed by atoms with Crippen molar-refractivity contribution in [3.8, 4) is 42.3 Å². The number of amides is 4. The molecule has 8 fully saturated rings. The lowest BCUT2D eigenvalue weighted by atomic mass is 10.0. The Bertz CT molecular complexity index is 5980. The number of anilines is 8. The molecule has 712 valence electrons. The molecule has 0 unspecified atom stereocenters. The Morgan fingerprint density at radius 2 is 0.429 bits per heavy atom. The van der Waals surface area contributed by atoms with Crippen LogP contribution in [0.15, 0.2) is 267 Å². The molecule has 4 N–H and O–H groups in total. The maximum absolute atomic E-state index is 13.0. The SMILES string of the molecule is O=C(c1ccc(Nc2nccc(-c3cc4ccccc4s3)n2)cc1)N1CCC(N2CCCC2)CC1.O=C(c1ccc(Nc2nccc(-c3cc4ccccc4s3)n2)cc1)N1CCC(N2CCCC2)CC1.O=C(c1ccc(Nc2nccc(-c3cc4ccccc4s3)n2)cc1)N1CCC(N2CCCC2)CC1.O=C(c1ccc(Nc2nccc(-c3cc4ccccc4s3)n2)cc1)N1CCC(N2CCCC2)CC1. The molecule has 8 aromatic heterocycles. The number of nitrogens with zero attached hydrogens (tertiary/aromatic N) is 16. The molecular weight excluding hydrogens is 1820 g/mol. The summed E-state index contributed by atoms with van der Waals surface area (Å²) in [6.07, 6.45) is 26.3. The van der Waals surface area contributed by atoms with Gasteiger partial charge in [0.05, 0.1) is 42.3 Å². The van der Waals surface area contributed by atoms with E-state index in [2.05, 4.69) is 182 Å². The van der Waals surface area contributed by atoms with Crippen molar-refractivity contribution in [2.24, 2.45) is 0 Å². The number of carbonyl (C=O) groups excluding carboxylic acids is 4. The van der Waals surface area contributed by atoms with Crippen molar-refractivity contribution in [1.82, 2.24) is 79.1 Å². The van der Waals surface area contributed by atoms with Crippen molar-refractivity contribution in [3.63, 3.8) is 0 Å². The Morgan fingerprint density at radius 1 is 0.236 bits per heavy atom. The number of piperidine rings is 4. The lowest BCUT2D eigenvalue weighted by Crippen LogP contribution is -2.45. The van der Waals surface area contributed by atoms with Gasteiger partial charge in [0.1, 0.15) is 0 Å². The predicted octanol–water partition coefficient (Wildman–Crippen LogP) is 23.2. The van der Waals surface area contributed by atoms with Gasteiger partial charge in [0, 0.05) is 165 Å². The number of hydrogen-bond acceptors (Lipinski definition) is 24. The second-order valence-electron chi connectivity index (χ2n) is 37.5. The summed E-state index contributed by atoms with van der Waals surface area (Å²) in [7, 11) is 0. The van der Waals surface area contributed by atoms with E-state index in [0.29, 0.717) is 48.0 Å². The Labute approximate surface area is 833 Å². The first-order valence-electron chi connectivity index (χ1n) is 49.8. The van der Waals surface area contributed by atoms with Gasteiger partial charge >= 0.3 is 0 Å². The standard InChI is InChI=1S/4C28H29N5OS/c4*34-27(33-17-12-23(13-18-33)32-15-3-4-16-32)20-7-9-22(10-8-20)30-28-29-14-11-24(31-28)26-19-21-5-1-2-6-25(21)35-26/h4*1-2,5-11,14,19,23H,3-4,12-13,15-18H2,(H,29,30,31). The molecule has 28 heteroatoms. The van der Waals surface area contributed by atoms with Crippen LogP contribution in [-0.4, -0.2) is 232 Å². The van der Waals surface area contributed by atoms with Crippen LogP contribution in [-0.2, 0) is 0 Å². The number of aromatic nitrogens is 8. The van der Waals surface area contributed by atoms with Crippen molar-refractivity contribution in [1.29, 1.82) is 0 Å². The van der Waals surface area contributed by atoms with Crippen LogP contribution in [0.2, 0.25) is 0 Å². The maximum atomic E-state index is 13.0. The highest BCUT2D eigenvalue weighted by Gasteiger charge is 2.34. The van der Waals surface area contributed by atoms with Crippen molar-refractivity contribution < 1.29 is 19.2 Å². The van der Waals surface area contributed by atoms with E-state index in [1.165, 1.54) is 144 Å². The first-order chi connectivity index (χ1) is 68.9. The van der Waals surface area contributed by atoms with Gasteiger partial charge < -0.3 is 60.5 Å². The summed E-state index contributed by atoms with van der Waals surface area (Å²) in [4.78, 5) is 112. The molecule has 0 bridgehead atoms. The molecule has 8 aliphatic rings. The third kappa shape index (κ3) is 22.6. The minimum Gasteiger partial charge on any atom is -0.339 e. The predicted molar refractivity (Wildman–Crippen MR) is 569 cm³/mol. The molecule has 8 saturated heterocycles. The fourth-order valence-corrected chi connectivity index (χ4v) is 25.0. The van der Waals surface area contributed by atoms with Gasteiger partial charge in [0.15, 0.2) is 0 Å². The monoisotopic (exact) mass is 1930 g/mol. The van der Waals surface area contributed by atoms with Crippen LogP contribution in [0.25, 0.3) is 82.6 Å². The molecule has 0 radical (unpaired) electrons. The molecule has 0 saturated carbocycles. The fourth-order valence-electron chi connectivity index (χ4n) is 20.9. The van der Waals surface area contributed by atoms with Crippen molar-refractivity contribution in [2.45, 2.75) is 127 Å². The molecule has 0 aliphatic carbocycles. The summed E-state index contributed by atoms with van der Waals surface area (Å²) < 4.78 is 4.99. The zero-order chi connectivity index (χ0) is 94.5. The highest BCUT2D eigenvalue weighted by Crippen LogP contribution is 2.40. The van der Waals surface area contributed by atoms with E-state index in [1.807, 2.05) is 141 Å². The van der Waals surface area contributed by atoms with Gasteiger partial charge in [0.25, 0.3) is 23.6 Å². The maximum Gasteiger partial charge on any atom is 0.253 e. The third-order valence-corrected chi connectivity index (χ3v) is 33.1. The number of nitrogens with one attached hydrogen (secondary N) is 4. The quantitative estimate of drug-likeness (QED) is 0.0554. The number of thiophene rings is 4. The lowest BCUT2D eigenvalue weighted by Gasteiger charge is -2.36. The van der Waals surface area contributed by atoms with E-state index in [-0.39, 0.29) is 23.6 Å². The number of likely N-dealkylation sites (tertiary alicyclic amines) is 8. The smallest absolute Gasteiger partial charge is 0.253 e. The van der Waals surface area contributed by atoms with Crippen LogP contribution in [0.4, 0.5) is 46.5 Å². The molecule has 24 rings (SSSR count). The molecule has 8 aromatic carbocycles. The molecule has 16 aromatic rings. The molecule has 24 nitrogen and oxygen atoms in total. The summed E-state index contributed by atoms with van der Waals surface area (Å²) in [6, 6.07) is 83.0. The van der Waals surface area contributed by atoms with Gasteiger partial charge in [-0.25, -0.2) is 39.9 Å². The Balaban J connectivity index is 0.000000111. The lowest BCUT2D eigenvalue weighted by molar-refractivity contribution is 0.0637. The Kier molecular flexibility index (Phi) is 29.4. The van der Waals surface area contributed by atoms with Crippen molar-refractivity contribution in [2.75, 3.05) is 126 Å². The highest BCUT2D eigenvalue weighted by molar-refractivity contribution is 7.23. The van der Waals surface area contributed by atoms with Crippen LogP contribution >= 0.6 is 45.3 Å². The van der Waals surface area contributed by atoms with E-state index in [9.17, 15) is 19.2 Å². The highest BCUT2D eigenvalue weighted by atomic mass is 32.1. The topological polar surface area (TPSA) is 245 Å². The minimum atomic E-state index is 0.124. The molecule has 0 spiro atoms. The second-order valence-corrected chi connectivity index (χ2v) is 41.9. The summed E-state index contributed by atoms with van der Waals surface area (Å²) in [5.74, 6) is 2.68. The first-order valence-corrected chi connectivity index (χ1v) is 53.1. The third-order valence-electron chi connectivity index (χ3n) is 28.5. The van der Waals surface area contributed by atoms with Crippen LogP contribution < -0.4 is 21.3 Å². The van der Waals surface area contributed by atoms with Gasteiger partial charge in [-0.15, -0.1) is 45.3 Å². The molecule has 4 amide bonds. The van der Waals surface area contributed by atoms with Gasteiger partial charge in [-0.1, -0.05) is 72.8 Å². The number of fused-ring (bicyclic) bond motifs is 4. The summed E-state index contributed by atoms with van der Waals surface area (Å²) in [6.45, 7) is 16.6. The van der Waals surface area contributed by atoms with E-state index in [0.717, 1.165) is 191 Å². The number of rotatable bonds is 20. The average Bonchev–Trinajstić information content (AvgIpc) is 1.66. The molecule has 16 heterocycles. The average molecular weight is 1930 g/mol. The number of hydrogen-bond donors (Lipinski definition) is 4. The Morgan fingerprint density at radius 3 is 0.621 bits per heavy atom. The normalized spacial score (nSPS) is 17.2. The minimum absolute atomic E-state index is 0.124. The molecule has 0 atom stereocenters. The molecule has 8 aliphatic heterocycles. The zero-order valence-electron chi connectivity index (χ0n) is 78.8. The number of carbonyl (C=O) groups is 4. The van der Waals surface area contributed by atoms with Gasteiger partial charge in [-0.2, -0.15) is 0 Å². The van der Waals surface area contributed by atoms with E-state index in [1.54, 1.807) is 70.1 Å². The summed E-state index contributed by atoms with van der Waals surface area (Å²) in [5, 5.41) is 18.0. The van der Waals surface area contributed by atoms with Crippen LogP contribution in [0.1, 0.15) is 144 Å². The Hall–Kier alpha value is -13.2. The summed E-state index contributed by atoms with van der Waals surface area (Å²) >= 11 is 6.91. The molecule has 140 heavy (non-hydrogen) atoms. The summed E-state index contributed by atoms with van der Waals surface area (Å²) in [5.41, 5.74) is 9.97. The fraction of sp³-hybridized carbons (Fsp3) is 0.321. The van der Waals surface area contributed by atoms with Crippen molar-refractivity contribution in [3.05, 3.63) is 290 Å². The van der Waals surface area contributed by atoms with Gasteiger partial charge in [-0.05, 0) is 346 Å². The molecular formula is C112H116N20O4S4. The zero-order valence-corrected chi connectivity index (χ0v) is 82.0. The van der Waals surface area contributed by atoms with Crippen LogP contribution in [0.3, 0.4) is 0 Å². The van der Waals surface area contributed by atoms with E-state index in [4.69, 9.17) is 19.9 Å². The van der Waals surface area contributed by atoms with E-state index < -0.39 is 0 Å². The largest absolute Gasteiger partial charge is 0.339 e. The van der Waals surface area contributed by atoms with Crippen LogP contribution in [0, 0.1) is 0 Å². The van der Waals surface area contributed by atoms with Crippen molar-refractivity contribution >= 4 is 156 Å². The first kappa shape index (κ1) is 93.2. The van der Waals surface area contributed by atoms with Crippen LogP contribution in [0.5, 0.6) is 0 Å². The van der Waals surface area contributed by atoms with E-state index >= 15 is 0 Å². The number of benzene rings is 8.